The van der Waals surface area contributed by atoms with Crippen molar-refractivity contribution in [2.45, 2.75) is 6.92 Å². The van der Waals surface area contributed by atoms with Crippen molar-refractivity contribution >= 4 is 5.78 Å². The number of nitrogens with zero attached hydrogens (tertiary/aromatic N) is 2. The molecule has 0 aliphatic rings. The first-order valence-corrected chi connectivity index (χ1v) is 5.31. The molecule has 88 valence electrons. The molecular weight excluding hydrogens is 216 g/mol. The van der Waals surface area contributed by atoms with E-state index in [0.717, 1.165) is 17.0 Å². The summed E-state index contributed by atoms with van der Waals surface area (Å²) >= 11 is 0. The zero-order chi connectivity index (χ0) is 12.4. The number of ketones is 1. The lowest BCUT2D eigenvalue weighted by molar-refractivity contribution is 0.101. The van der Waals surface area contributed by atoms with Crippen molar-refractivity contribution < 1.29 is 9.53 Å². The average molecular weight is 230 g/mol. The number of benzene rings is 1. The number of hydrogen-bond donors (Lipinski definition) is 0. The predicted molar refractivity (Wildman–Crippen MR) is 65.2 cm³/mol. The monoisotopic (exact) mass is 230 g/mol. The van der Waals surface area contributed by atoms with E-state index in [0.29, 0.717) is 5.56 Å². The summed E-state index contributed by atoms with van der Waals surface area (Å²) in [6, 6.07) is 7.29. The lowest BCUT2D eigenvalue weighted by Gasteiger charge is -2.10. The van der Waals surface area contributed by atoms with Gasteiger partial charge in [-0.05, 0) is 31.2 Å². The Kier molecular flexibility index (Phi) is 2.95. The molecule has 0 radical (unpaired) electrons. The van der Waals surface area contributed by atoms with Crippen LogP contribution in [-0.4, -0.2) is 22.7 Å². The van der Waals surface area contributed by atoms with Crippen LogP contribution in [0.1, 0.15) is 17.3 Å². The number of aryl methyl sites for hydroxylation is 1. The normalized spacial score (nSPS) is 10.3. The van der Waals surface area contributed by atoms with Crippen molar-refractivity contribution in [3.63, 3.8) is 0 Å². The van der Waals surface area contributed by atoms with Crippen LogP contribution in [0.25, 0.3) is 11.3 Å². The maximum atomic E-state index is 11.4. The molecular formula is C13H14N2O2. The van der Waals surface area contributed by atoms with Crippen LogP contribution in [0.3, 0.4) is 0 Å². The fourth-order valence-electron chi connectivity index (χ4n) is 1.77. The van der Waals surface area contributed by atoms with Crippen LogP contribution in [-0.2, 0) is 7.05 Å². The fraction of sp³-hybridized carbons (Fsp3) is 0.231. The Bertz CT molecular complexity index is 558. The molecule has 0 bridgehead atoms. The molecule has 1 aromatic carbocycles. The number of carbonyl (C=O) groups excluding carboxylic acids is 1. The highest BCUT2D eigenvalue weighted by Crippen LogP contribution is 2.30. The summed E-state index contributed by atoms with van der Waals surface area (Å²) in [5.74, 6) is 0.773. The second-order valence-electron chi connectivity index (χ2n) is 3.81. The minimum Gasteiger partial charge on any atom is -0.496 e. The van der Waals surface area contributed by atoms with E-state index in [2.05, 4.69) is 5.10 Å². The molecule has 0 atom stereocenters. The van der Waals surface area contributed by atoms with Gasteiger partial charge in [-0.1, -0.05) is 0 Å². The van der Waals surface area contributed by atoms with Crippen LogP contribution < -0.4 is 4.74 Å². The Hall–Kier alpha value is -2.10. The SMILES string of the molecule is COc1ccc(C(C)=O)cc1-c1ccnn1C. The maximum Gasteiger partial charge on any atom is 0.159 e. The molecule has 17 heavy (non-hydrogen) atoms. The lowest BCUT2D eigenvalue weighted by atomic mass is 10.0. The van der Waals surface area contributed by atoms with Gasteiger partial charge in [0.25, 0.3) is 0 Å². The number of hydrogen-bond acceptors (Lipinski definition) is 3. The van der Waals surface area contributed by atoms with Gasteiger partial charge in [0, 0.05) is 24.4 Å². The van der Waals surface area contributed by atoms with Gasteiger partial charge in [-0.2, -0.15) is 5.10 Å². The minimum atomic E-state index is 0.0380. The smallest absolute Gasteiger partial charge is 0.159 e. The molecule has 0 amide bonds. The molecule has 0 fully saturated rings. The van der Waals surface area contributed by atoms with E-state index in [1.165, 1.54) is 0 Å². The van der Waals surface area contributed by atoms with Gasteiger partial charge in [0.15, 0.2) is 5.78 Å². The van der Waals surface area contributed by atoms with E-state index in [1.807, 2.05) is 19.2 Å². The first-order valence-electron chi connectivity index (χ1n) is 5.31. The largest absolute Gasteiger partial charge is 0.496 e. The summed E-state index contributed by atoms with van der Waals surface area (Å²) in [5.41, 5.74) is 2.46. The molecule has 0 spiro atoms. The summed E-state index contributed by atoms with van der Waals surface area (Å²) < 4.78 is 7.06. The van der Waals surface area contributed by atoms with Crippen molar-refractivity contribution in [2.75, 3.05) is 7.11 Å². The molecule has 0 N–H and O–H groups in total. The second-order valence-corrected chi connectivity index (χ2v) is 3.81. The van der Waals surface area contributed by atoms with Crippen LogP contribution in [0.15, 0.2) is 30.5 Å². The molecule has 1 heterocycles. The molecule has 0 saturated carbocycles. The standard InChI is InChI=1S/C13H14N2O2/c1-9(16)10-4-5-13(17-3)11(8-10)12-6-7-14-15(12)2/h4-8H,1-3H3. The van der Waals surface area contributed by atoms with Crippen molar-refractivity contribution in [1.29, 1.82) is 0 Å². The van der Waals surface area contributed by atoms with E-state index >= 15 is 0 Å². The molecule has 0 aliphatic carbocycles. The Labute approximate surface area is 99.8 Å². The predicted octanol–water partition coefficient (Wildman–Crippen LogP) is 2.30. The van der Waals surface area contributed by atoms with Crippen molar-refractivity contribution in [3.8, 4) is 17.0 Å². The number of methoxy groups -OCH3 is 1. The number of rotatable bonds is 3. The van der Waals surface area contributed by atoms with E-state index in [-0.39, 0.29) is 5.78 Å². The molecule has 2 rings (SSSR count). The maximum absolute atomic E-state index is 11.4. The number of Topliss-reactive ketones (excluding diaryl/α,β-unsaturated/α-hetero) is 1. The third-order valence-electron chi connectivity index (χ3n) is 2.70. The summed E-state index contributed by atoms with van der Waals surface area (Å²) in [7, 11) is 3.47. The van der Waals surface area contributed by atoms with E-state index in [9.17, 15) is 4.79 Å². The minimum absolute atomic E-state index is 0.0380. The summed E-state index contributed by atoms with van der Waals surface area (Å²) in [5, 5.41) is 4.12. The van der Waals surface area contributed by atoms with Crippen LogP contribution in [0, 0.1) is 0 Å². The van der Waals surface area contributed by atoms with Crippen molar-refractivity contribution in [2.24, 2.45) is 7.05 Å². The van der Waals surface area contributed by atoms with Gasteiger partial charge in [0.2, 0.25) is 0 Å². The molecule has 4 nitrogen and oxygen atoms in total. The van der Waals surface area contributed by atoms with Gasteiger partial charge in [-0.3, -0.25) is 9.48 Å². The number of aromatic nitrogens is 2. The fourth-order valence-corrected chi connectivity index (χ4v) is 1.77. The molecule has 1 aromatic heterocycles. The van der Waals surface area contributed by atoms with E-state index in [4.69, 9.17) is 4.74 Å². The molecule has 2 aromatic rings. The van der Waals surface area contributed by atoms with E-state index < -0.39 is 0 Å². The quantitative estimate of drug-likeness (QED) is 0.760. The third-order valence-corrected chi connectivity index (χ3v) is 2.70. The van der Waals surface area contributed by atoms with Gasteiger partial charge in [-0.15, -0.1) is 0 Å². The van der Waals surface area contributed by atoms with E-state index in [1.54, 1.807) is 37.0 Å². The van der Waals surface area contributed by atoms with Gasteiger partial charge >= 0.3 is 0 Å². The molecule has 4 heteroatoms. The Balaban J connectivity index is 2.61. The Morgan fingerprint density at radius 2 is 2.12 bits per heavy atom. The first-order chi connectivity index (χ1) is 8.13. The van der Waals surface area contributed by atoms with Crippen LogP contribution in [0.2, 0.25) is 0 Å². The van der Waals surface area contributed by atoms with Gasteiger partial charge in [-0.25, -0.2) is 0 Å². The zero-order valence-corrected chi connectivity index (χ0v) is 10.1. The number of ether oxygens (including phenoxy) is 1. The Morgan fingerprint density at radius 3 is 2.65 bits per heavy atom. The second kappa shape index (κ2) is 4.41. The molecule has 0 aliphatic heterocycles. The topological polar surface area (TPSA) is 44.1 Å². The summed E-state index contributed by atoms with van der Waals surface area (Å²) in [4.78, 5) is 11.4. The highest BCUT2D eigenvalue weighted by Gasteiger charge is 2.11. The van der Waals surface area contributed by atoms with Crippen molar-refractivity contribution in [1.82, 2.24) is 9.78 Å². The average Bonchev–Trinajstić information content (AvgIpc) is 2.74. The molecule has 0 saturated heterocycles. The van der Waals surface area contributed by atoms with Gasteiger partial charge < -0.3 is 4.74 Å². The van der Waals surface area contributed by atoms with Gasteiger partial charge in [0.05, 0.1) is 12.8 Å². The summed E-state index contributed by atoms with van der Waals surface area (Å²) in [6.45, 7) is 1.55. The number of carbonyl (C=O) groups is 1. The first kappa shape index (κ1) is 11.4. The van der Waals surface area contributed by atoms with Crippen LogP contribution >= 0.6 is 0 Å². The van der Waals surface area contributed by atoms with Crippen LogP contribution in [0.5, 0.6) is 5.75 Å². The Morgan fingerprint density at radius 1 is 1.35 bits per heavy atom. The highest BCUT2D eigenvalue weighted by atomic mass is 16.5. The zero-order valence-electron chi connectivity index (χ0n) is 10.1. The summed E-state index contributed by atoms with van der Waals surface area (Å²) in [6.07, 6.45) is 1.72. The molecule has 0 unspecified atom stereocenters. The lowest BCUT2D eigenvalue weighted by Crippen LogP contribution is -1.99. The van der Waals surface area contributed by atoms with Crippen LogP contribution in [0.4, 0.5) is 0 Å². The third kappa shape index (κ3) is 2.06. The van der Waals surface area contributed by atoms with Crippen molar-refractivity contribution in [3.05, 3.63) is 36.0 Å². The van der Waals surface area contributed by atoms with Gasteiger partial charge in [0.1, 0.15) is 5.75 Å². The highest BCUT2D eigenvalue weighted by molar-refractivity contribution is 5.95.